The maximum Gasteiger partial charge on any atom is 0.240 e. The molecule has 0 bridgehead atoms. The molecule has 2 heterocycles. The minimum Gasteiger partial charge on any atom is -0.334 e. The molecule has 1 N–H and O–H groups in total. The van der Waals surface area contributed by atoms with Crippen LogP contribution < -0.4 is 5.32 Å². The van der Waals surface area contributed by atoms with Crippen molar-refractivity contribution in [2.45, 2.75) is 52.7 Å². The van der Waals surface area contributed by atoms with Crippen LogP contribution in [-0.2, 0) is 24.3 Å². The zero-order valence-corrected chi connectivity index (χ0v) is 12.1. The van der Waals surface area contributed by atoms with Crippen LogP contribution in [0.2, 0.25) is 0 Å². The minimum atomic E-state index is -0.0163. The molecule has 1 aliphatic heterocycles. The molecule has 0 radical (unpaired) electrons. The van der Waals surface area contributed by atoms with Gasteiger partial charge in [-0.1, -0.05) is 13.8 Å². The van der Waals surface area contributed by atoms with E-state index in [1.165, 1.54) is 0 Å². The highest BCUT2D eigenvalue weighted by molar-refractivity contribution is 5.82. The summed E-state index contributed by atoms with van der Waals surface area (Å²) in [4.78, 5) is 14.2. The molecule has 0 saturated carbocycles. The van der Waals surface area contributed by atoms with Gasteiger partial charge in [0, 0.05) is 19.6 Å². The van der Waals surface area contributed by atoms with Crippen LogP contribution >= 0.6 is 0 Å². The van der Waals surface area contributed by atoms with E-state index < -0.39 is 0 Å². The highest BCUT2D eigenvalue weighted by atomic mass is 16.2. The van der Waals surface area contributed by atoms with Crippen LogP contribution in [0.3, 0.4) is 0 Å². The quantitative estimate of drug-likeness (QED) is 0.868. The predicted molar refractivity (Wildman–Crippen MR) is 74.8 cm³/mol. The van der Waals surface area contributed by atoms with Crippen molar-refractivity contribution in [1.82, 2.24) is 20.0 Å². The van der Waals surface area contributed by atoms with Crippen molar-refractivity contribution in [2.75, 3.05) is 13.1 Å². The number of carbonyl (C=O) groups is 1. The molecule has 1 amide bonds. The lowest BCUT2D eigenvalue weighted by Gasteiger charge is -2.32. The van der Waals surface area contributed by atoms with E-state index in [2.05, 4.69) is 30.3 Å². The van der Waals surface area contributed by atoms with Crippen molar-refractivity contribution in [3.8, 4) is 0 Å². The molecular weight excluding hydrogens is 240 g/mol. The highest BCUT2D eigenvalue weighted by Gasteiger charge is 2.27. The number of nitrogens with one attached hydrogen (secondary N) is 1. The van der Waals surface area contributed by atoms with Gasteiger partial charge in [-0.2, -0.15) is 5.10 Å². The number of hydrogen-bond acceptors (Lipinski definition) is 3. The van der Waals surface area contributed by atoms with Crippen LogP contribution in [0, 0.1) is 0 Å². The number of rotatable bonds is 5. The number of carbonyl (C=O) groups excluding carboxylic acids is 1. The summed E-state index contributed by atoms with van der Waals surface area (Å²) in [6, 6.07) is 2.11. The molecule has 0 spiro atoms. The van der Waals surface area contributed by atoms with Crippen LogP contribution in [-0.4, -0.2) is 39.7 Å². The molecule has 1 saturated heterocycles. The lowest BCUT2D eigenvalue weighted by atomic mass is 10.1. The number of aromatic nitrogens is 2. The Morgan fingerprint density at radius 3 is 2.84 bits per heavy atom. The summed E-state index contributed by atoms with van der Waals surface area (Å²) in [5.74, 6) is 0.218. The van der Waals surface area contributed by atoms with Crippen molar-refractivity contribution < 1.29 is 4.79 Å². The summed E-state index contributed by atoms with van der Waals surface area (Å²) in [7, 11) is 0. The van der Waals surface area contributed by atoms with Gasteiger partial charge in [-0.3, -0.25) is 9.48 Å². The van der Waals surface area contributed by atoms with Gasteiger partial charge in [-0.05, 0) is 25.8 Å². The molecule has 5 nitrogen and oxygen atoms in total. The summed E-state index contributed by atoms with van der Waals surface area (Å²) in [6.45, 7) is 9.44. The molecule has 0 aromatic carbocycles. The molecule has 1 fully saturated rings. The average Bonchev–Trinajstić information content (AvgIpc) is 2.83. The Labute approximate surface area is 115 Å². The van der Waals surface area contributed by atoms with Gasteiger partial charge in [0.2, 0.25) is 5.91 Å². The Morgan fingerprint density at radius 1 is 1.42 bits per heavy atom. The number of amides is 1. The number of hydrogen-bond donors (Lipinski definition) is 1. The van der Waals surface area contributed by atoms with Crippen molar-refractivity contribution in [3.63, 3.8) is 0 Å². The van der Waals surface area contributed by atoms with Gasteiger partial charge >= 0.3 is 0 Å². The number of aryl methyl sites for hydroxylation is 2. The first-order valence-corrected chi connectivity index (χ1v) is 7.27. The summed E-state index contributed by atoms with van der Waals surface area (Å²) in [6.07, 6.45) is 1.79. The second-order valence-corrected chi connectivity index (χ2v) is 4.97. The molecule has 1 aromatic heterocycles. The Bertz CT molecular complexity index is 441. The second kappa shape index (κ2) is 6.19. The van der Waals surface area contributed by atoms with Gasteiger partial charge in [0.15, 0.2) is 0 Å². The fraction of sp³-hybridized carbons (Fsp3) is 0.714. The van der Waals surface area contributed by atoms with Crippen molar-refractivity contribution in [3.05, 3.63) is 17.5 Å². The minimum absolute atomic E-state index is 0.0163. The molecule has 1 unspecified atom stereocenters. The number of nitrogens with zero attached hydrogens (tertiary/aromatic N) is 3. The second-order valence-electron chi connectivity index (χ2n) is 4.97. The van der Waals surface area contributed by atoms with Gasteiger partial charge in [-0.15, -0.1) is 0 Å². The molecule has 2 rings (SSSR count). The fourth-order valence-corrected chi connectivity index (χ4v) is 2.55. The van der Waals surface area contributed by atoms with Crippen molar-refractivity contribution >= 4 is 5.91 Å². The highest BCUT2D eigenvalue weighted by Crippen LogP contribution is 2.12. The van der Waals surface area contributed by atoms with E-state index in [1.54, 1.807) is 0 Å². The van der Waals surface area contributed by atoms with Crippen molar-refractivity contribution in [1.29, 1.82) is 0 Å². The average molecular weight is 264 g/mol. The zero-order valence-electron chi connectivity index (χ0n) is 12.1. The summed E-state index contributed by atoms with van der Waals surface area (Å²) in [5, 5.41) is 7.81. The Kier molecular flexibility index (Phi) is 4.58. The maximum absolute atomic E-state index is 12.3. The normalized spacial score (nSPS) is 20.1. The molecule has 1 atom stereocenters. The van der Waals surface area contributed by atoms with E-state index in [1.807, 2.05) is 16.5 Å². The summed E-state index contributed by atoms with van der Waals surface area (Å²) >= 11 is 0. The molecule has 0 aliphatic carbocycles. The third-order valence-corrected chi connectivity index (χ3v) is 3.72. The predicted octanol–water partition coefficient (Wildman–Crippen LogP) is 1.18. The monoisotopic (exact) mass is 264 g/mol. The SMILES string of the molecule is CCc1cc(CN2CCNC(CC)C2=O)n(CC)n1. The van der Waals surface area contributed by atoms with E-state index in [-0.39, 0.29) is 11.9 Å². The Morgan fingerprint density at radius 2 is 2.21 bits per heavy atom. The molecule has 106 valence electrons. The van der Waals surface area contributed by atoms with Gasteiger partial charge in [0.25, 0.3) is 0 Å². The van der Waals surface area contributed by atoms with Crippen LogP contribution in [0.5, 0.6) is 0 Å². The zero-order chi connectivity index (χ0) is 13.8. The van der Waals surface area contributed by atoms with E-state index in [4.69, 9.17) is 0 Å². The molecule has 19 heavy (non-hydrogen) atoms. The number of piperazine rings is 1. The van der Waals surface area contributed by atoms with Gasteiger partial charge in [-0.25, -0.2) is 0 Å². The molecule has 5 heteroatoms. The Hall–Kier alpha value is -1.36. The van der Waals surface area contributed by atoms with Crippen LogP contribution in [0.15, 0.2) is 6.07 Å². The third-order valence-electron chi connectivity index (χ3n) is 3.72. The molecule has 1 aromatic rings. The largest absolute Gasteiger partial charge is 0.334 e. The van der Waals surface area contributed by atoms with Crippen LogP contribution in [0.1, 0.15) is 38.6 Å². The lowest BCUT2D eigenvalue weighted by molar-refractivity contribution is -0.136. The summed E-state index contributed by atoms with van der Waals surface area (Å²) in [5.41, 5.74) is 2.25. The van der Waals surface area contributed by atoms with E-state index in [0.29, 0.717) is 6.54 Å². The third kappa shape index (κ3) is 2.97. The van der Waals surface area contributed by atoms with Crippen LogP contribution in [0.25, 0.3) is 0 Å². The topological polar surface area (TPSA) is 50.2 Å². The van der Waals surface area contributed by atoms with Gasteiger partial charge in [0.1, 0.15) is 0 Å². The smallest absolute Gasteiger partial charge is 0.240 e. The van der Waals surface area contributed by atoms with Crippen molar-refractivity contribution in [2.24, 2.45) is 0 Å². The van der Waals surface area contributed by atoms with E-state index in [9.17, 15) is 4.79 Å². The molecular formula is C14H24N4O. The summed E-state index contributed by atoms with van der Waals surface area (Å²) < 4.78 is 2.01. The van der Waals surface area contributed by atoms with Gasteiger partial charge in [0.05, 0.1) is 24.0 Å². The first kappa shape index (κ1) is 14.1. The fourth-order valence-electron chi connectivity index (χ4n) is 2.55. The first-order chi connectivity index (χ1) is 9.19. The van der Waals surface area contributed by atoms with E-state index >= 15 is 0 Å². The lowest BCUT2D eigenvalue weighted by Crippen LogP contribution is -2.54. The van der Waals surface area contributed by atoms with Crippen LogP contribution in [0.4, 0.5) is 0 Å². The maximum atomic E-state index is 12.3. The Balaban J connectivity index is 2.11. The first-order valence-electron chi connectivity index (χ1n) is 7.27. The van der Waals surface area contributed by atoms with Gasteiger partial charge < -0.3 is 10.2 Å². The van der Waals surface area contributed by atoms with E-state index in [0.717, 1.165) is 43.9 Å². The standard InChI is InChI=1S/C14H24N4O/c1-4-11-9-12(18(6-3)16-11)10-17-8-7-15-13(5-2)14(17)19/h9,13,15H,4-8,10H2,1-3H3. The molecule has 1 aliphatic rings.